The van der Waals surface area contributed by atoms with Crippen molar-refractivity contribution < 1.29 is 9.13 Å². The van der Waals surface area contributed by atoms with Crippen LogP contribution in [0.5, 0.6) is 5.75 Å². The highest BCUT2D eigenvalue weighted by molar-refractivity contribution is 5.64. The van der Waals surface area contributed by atoms with Crippen LogP contribution in [0, 0.1) is 0 Å². The average molecular weight is 381 g/mol. The number of pyridine rings is 2. The molecule has 6 nitrogen and oxygen atoms in total. The Morgan fingerprint density at radius 2 is 2.18 bits per heavy atom. The zero-order chi connectivity index (χ0) is 19.1. The number of anilines is 1. The lowest BCUT2D eigenvalue weighted by molar-refractivity contribution is 0.255. The SMILES string of the molecule is COc1cc2ncc(-c3cccc(NC4CNCC(F)C4)n3)n2cc1C1CC1. The van der Waals surface area contributed by atoms with Crippen LogP contribution in [0.2, 0.25) is 0 Å². The molecule has 3 aromatic rings. The molecule has 1 saturated heterocycles. The molecule has 4 heterocycles. The summed E-state index contributed by atoms with van der Waals surface area (Å²) in [6.45, 7) is 1.17. The summed E-state index contributed by atoms with van der Waals surface area (Å²) in [5.74, 6) is 2.23. The second-order valence-electron chi connectivity index (χ2n) is 7.68. The van der Waals surface area contributed by atoms with Crippen LogP contribution in [-0.2, 0) is 0 Å². The molecule has 2 N–H and O–H groups in total. The smallest absolute Gasteiger partial charge is 0.140 e. The zero-order valence-corrected chi connectivity index (χ0v) is 15.9. The number of rotatable bonds is 5. The molecule has 0 aromatic carbocycles. The van der Waals surface area contributed by atoms with Crippen LogP contribution >= 0.6 is 0 Å². The van der Waals surface area contributed by atoms with E-state index in [-0.39, 0.29) is 6.04 Å². The summed E-state index contributed by atoms with van der Waals surface area (Å²) in [6, 6.07) is 7.91. The minimum Gasteiger partial charge on any atom is -0.496 e. The maximum atomic E-state index is 13.6. The van der Waals surface area contributed by atoms with Crippen molar-refractivity contribution in [2.24, 2.45) is 0 Å². The van der Waals surface area contributed by atoms with E-state index in [9.17, 15) is 4.39 Å². The van der Waals surface area contributed by atoms with Crippen molar-refractivity contribution in [3.8, 4) is 17.1 Å². The highest BCUT2D eigenvalue weighted by atomic mass is 19.1. The Bertz CT molecular complexity index is 1000. The monoisotopic (exact) mass is 381 g/mol. The molecule has 0 radical (unpaired) electrons. The summed E-state index contributed by atoms with van der Waals surface area (Å²) < 4.78 is 21.3. The number of halogens is 1. The molecule has 146 valence electrons. The van der Waals surface area contributed by atoms with Crippen LogP contribution in [0.1, 0.15) is 30.7 Å². The zero-order valence-electron chi connectivity index (χ0n) is 15.9. The van der Waals surface area contributed by atoms with Crippen LogP contribution in [-0.4, -0.2) is 46.8 Å². The Labute approximate surface area is 163 Å². The van der Waals surface area contributed by atoms with Gasteiger partial charge in [0.25, 0.3) is 0 Å². The summed E-state index contributed by atoms with van der Waals surface area (Å²) in [4.78, 5) is 9.31. The first-order chi connectivity index (χ1) is 13.7. The van der Waals surface area contributed by atoms with Gasteiger partial charge in [-0.15, -0.1) is 0 Å². The second-order valence-corrected chi connectivity index (χ2v) is 7.68. The van der Waals surface area contributed by atoms with Gasteiger partial charge in [0.2, 0.25) is 0 Å². The summed E-state index contributed by atoms with van der Waals surface area (Å²) in [7, 11) is 1.71. The molecule has 2 unspecified atom stereocenters. The lowest BCUT2D eigenvalue weighted by Crippen LogP contribution is -2.44. The van der Waals surface area contributed by atoms with Crippen molar-refractivity contribution >= 4 is 11.5 Å². The van der Waals surface area contributed by atoms with Gasteiger partial charge in [0.1, 0.15) is 23.4 Å². The third kappa shape index (κ3) is 3.30. The lowest BCUT2D eigenvalue weighted by Gasteiger charge is -2.26. The number of imidazole rings is 1. The molecule has 1 saturated carbocycles. The van der Waals surface area contributed by atoms with Crippen LogP contribution in [0.25, 0.3) is 17.0 Å². The number of ether oxygens (including phenoxy) is 1. The first kappa shape index (κ1) is 17.4. The molecule has 1 aliphatic heterocycles. The largest absolute Gasteiger partial charge is 0.496 e. The minimum atomic E-state index is -0.816. The van der Waals surface area contributed by atoms with Crippen molar-refractivity contribution in [3.63, 3.8) is 0 Å². The van der Waals surface area contributed by atoms with Crippen LogP contribution in [0.15, 0.2) is 36.7 Å². The van der Waals surface area contributed by atoms with E-state index in [4.69, 9.17) is 9.72 Å². The van der Waals surface area contributed by atoms with Crippen molar-refractivity contribution in [3.05, 3.63) is 42.2 Å². The Kier molecular flexibility index (Phi) is 4.39. The van der Waals surface area contributed by atoms with Gasteiger partial charge in [-0.1, -0.05) is 6.07 Å². The molecule has 0 amide bonds. The van der Waals surface area contributed by atoms with Gasteiger partial charge in [-0.25, -0.2) is 14.4 Å². The van der Waals surface area contributed by atoms with Crippen molar-refractivity contribution in [1.82, 2.24) is 19.7 Å². The molecule has 2 aliphatic rings. The summed E-state index contributed by atoms with van der Waals surface area (Å²) >= 11 is 0. The van der Waals surface area contributed by atoms with Gasteiger partial charge in [-0.2, -0.15) is 0 Å². The maximum Gasteiger partial charge on any atom is 0.140 e. The number of piperidine rings is 1. The topological polar surface area (TPSA) is 63.5 Å². The van der Waals surface area contributed by atoms with E-state index < -0.39 is 6.17 Å². The van der Waals surface area contributed by atoms with Crippen molar-refractivity contribution in [2.75, 3.05) is 25.5 Å². The summed E-state index contributed by atoms with van der Waals surface area (Å²) in [6.07, 6.45) is 6.07. The highest BCUT2D eigenvalue weighted by Crippen LogP contribution is 2.44. The van der Waals surface area contributed by atoms with E-state index in [1.54, 1.807) is 7.11 Å². The van der Waals surface area contributed by atoms with Gasteiger partial charge in [0, 0.05) is 43.4 Å². The first-order valence-electron chi connectivity index (χ1n) is 9.85. The number of hydrogen-bond donors (Lipinski definition) is 2. The van der Waals surface area contributed by atoms with Crippen LogP contribution in [0.4, 0.5) is 10.2 Å². The molecular formula is C21H24FN5O. The Balaban J connectivity index is 1.47. The standard InChI is InChI=1S/C21H24FN5O/c1-28-19-8-21-24-11-18(27(21)12-16(19)13-5-6-13)17-3-2-4-20(26-17)25-15-7-14(22)9-23-10-15/h2-4,8,11-15,23H,5-7,9-10H2,1H3,(H,25,26). The number of nitrogens with one attached hydrogen (secondary N) is 2. The molecule has 2 atom stereocenters. The van der Waals surface area contributed by atoms with Gasteiger partial charge < -0.3 is 15.4 Å². The third-order valence-corrected chi connectivity index (χ3v) is 5.54. The fourth-order valence-corrected chi connectivity index (χ4v) is 3.95. The molecular weight excluding hydrogens is 357 g/mol. The second kappa shape index (κ2) is 7.05. The van der Waals surface area contributed by atoms with Gasteiger partial charge in [0.05, 0.1) is 24.7 Å². The minimum absolute atomic E-state index is 0.0411. The Morgan fingerprint density at radius 3 is 2.96 bits per heavy atom. The van der Waals surface area contributed by atoms with E-state index >= 15 is 0 Å². The van der Waals surface area contributed by atoms with Crippen molar-refractivity contribution in [2.45, 2.75) is 37.4 Å². The number of aromatic nitrogens is 3. The van der Waals surface area contributed by atoms with E-state index in [0.717, 1.165) is 35.1 Å². The first-order valence-corrected chi connectivity index (χ1v) is 9.85. The van der Waals surface area contributed by atoms with Crippen LogP contribution in [0.3, 0.4) is 0 Å². The number of methoxy groups -OCH3 is 1. The molecule has 0 spiro atoms. The van der Waals surface area contributed by atoms with E-state index in [2.05, 4.69) is 26.2 Å². The third-order valence-electron chi connectivity index (χ3n) is 5.54. The quantitative estimate of drug-likeness (QED) is 0.709. The van der Waals surface area contributed by atoms with Crippen LogP contribution < -0.4 is 15.4 Å². The molecule has 3 aromatic heterocycles. The van der Waals surface area contributed by atoms with Gasteiger partial charge >= 0.3 is 0 Å². The molecule has 2 fully saturated rings. The molecule has 28 heavy (non-hydrogen) atoms. The average Bonchev–Trinajstić information content (AvgIpc) is 3.47. The molecule has 7 heteroatoms. The normalized spacial score (nSPS) is 22.4. The predicted octanol–water partition coefficient (Wildman–Crippen LogP) is 3.39. The highest BCUT2D eigenvalue weighted by Gasteiger charge is 2.28. The fourth-order valence-electron chi connectivity index (χ4n) is 3.95. The number of alkyl halides is 1. The van der Waals surface area contributed by atoms with Crippen molar-refractivity contribution in [1.29, 1.82) is 0 Å². The van der Waals surface area contributed by atoms with E-state index in [0.29, 0.717) is 18.9 Å². The van der Waals surface area contributed by atoms with Gasteiger partial charge in [-0.3, -0.25) is 4.40 Å². The molecule has 5 rings (SSSR count). The van der Waals surface area contributed by atoms with E-state index in [1.165, 1.54) is 18.4 Å². The predicted molar refractivity (Wildman–Crippen MR) is 107 cm³/mol. The molecule has 0 bridgehead atoms. The number of fused-ring (bicyclic) bond motifs is 1. The molecule has 1 aliphatic carbocycles. The van der Waals surface area contributed by atoms with Gasteiger partial charge in [0.15, 0.2) is 0 Å². The fraction of sp³-hybridized carbons (Fsp3) is 0.429. The number of hydrogen-bond acceptors (Lipinski definition) is 5. The Hall–Kier alpha value is -2.67. The Morgan fingerprint density at radius 1 is 1.29 bits per heavy atom. The summed E-state index contributed by atoms with van der Waals surface area (Å²) in [5, 5.41) is 6.47. The van der Waals surface area contributed by atoms with E-state index in [1.807, 2.05) is 30.5 Å². The summed E-state index contributed by atoms with van der Waals surface area (Å²) in [5.41, 5.74) is 3.84. The maximum absolute atomic E-state index is 13.6. The van der Waals surface area contributed by atoms with Gasteiger partial charge in [-0.05, 0) is 30.9 Å². The number of nitrogens with zero attached hydrogens (tertiary/aromatic N) is 3. The lowest BCUT2D eigenvalue weighted by atomic mass is 10.1.